The van der Waals surface area contributed by atoms with E-state index in [1.807, 2.05) is 26.0 Å². The van der Waals surface area contributed by atoms with E-state index in [1.54, 1.807) is 24.3 Å². The summed E-state index contributed by atoms with van der Waals surface area (Å²) in [6.07, 6.45) is 4.11. The fourth-order valence-corrected chi connectivity index (χ4v) is 4.67. The number of carbonyl (C=O) groups is 2. The van der Waals surface area contributed by atoms with Crippen LogP contribution >= 0.6 is 0 Å². The lowest BCUT2D eigenvalue weighted by Crippen LogP contribution is -2.43. The maximum Gasteiger partial charge on any atom is 0.254 e. The molecule has 8 heteroatoms. The number of nitrogens with zero attached hydrogens (tertiary/aromatic N) is 2. The molecule has 0 N–H and O–H groups in total. The molecule has 0 unspecified atom stereocenters. The normalized spacial score (nSPS) is 12.6. The van der Waals surface area contributed by atoms with Crippen LogP contribution in [0.4, 0.5) is 0 Å². The first-order valence-corrected chi connectivity index (χ1v) is 13.4. The molecular formula is C27H32N2O5S. The minimum atomic E-state index is -4.27. The Kier molecular flexibility index (Phi) is 8.40. The summed E-state index contributed by atoms with van der Waals surface area (Å²) in [6, 6.07) is 13.0. The highest BCUT2D eigenvalue weighted by Gasteiger charge is 2.42. The van der Waals surface area contributed by atoms with Crippen LogP contribution in [-0.2, 0) is 23.2 Å². The smallest absolute Gasteiger partial charge is 0.254 e. The molecule has 4 rings (SSSR count). The van der Waals surface area contributed by atoms with Crippen LogP contribution < -0.4 is 4.57 Å². The Hall–Kier alpha value is -3.10. The van der Waals surface area contributed by atoms with Gasteiger partial charge in [-0.1, -0.05) is 68.7 Å². The molecule has 0 atom stereocenters. The zero-order chi connectivity index (χ0) is 25.8. The first kappa shape index (κ1) is 26.5. The van der Waals surface area contributed by atoms with Crippen molar-refractivity contribution in [3.63, 3.8) is 0 Å². The third kappa shape index (κ3) is 5.60. The Balaban J connectivity index is 0.000000261. The lowest BCUT2D eigenvalue weighted by Gasteiger charge is -2.12. The molecule has 1 aromatic heterocycles. The number of hydrogen-bond donors (Lipinski definition) is 0. The molecule has 2 aromatic carbocycles. The summed E-state index contributed by atoms with van der Waals surface area (Å²) in [7, 11) is -4.27. The molecule has 0 amide bonds. The SMILES string of the molecule is CCCCn1c2c([n+](CCCC)c1C)C(=O)c1ccccc1C2=O.Cc1ccc(S(=O)(=O)[O-])cc1. The van der Waals surface area contributed by atoms with Gasteiger partial charge in [-0.05, 0) is 31.9 Å². The van der Waals surface area contributed by atoms with Gasteiger partial charge in [-0.15, -0.1) is 0 Å². The van der Waals surface area contributed by atoms with Crippen molar-refractivity contribution in [2.24, 2.45) is 0 Å². The predicted molar refractivity (Wildman–Crippen MR) is 132 cm³/mol. The number of ketones is 2. The summed E-state index contributed by atoms with van der Waals surface area (Å²) in [4.78, 5) is 26.0. The van der Waals surface area contributed by atoms with Gasteiger partial charge in [0.05, 0.1) is 18.0 Å². The molecule has 0 saturated carbocycles. The highest BCUT2D eigenvalue weighted by molar-refractivity contribution is 7.85. The summed E-state index contributed by atoms with van der Waals surface area (Å²) in [6.45, 7) is 9.68. The Labute approximate surface area is 207 Å². The standard InChI is InChI=1S/C20H25N2O2.C7H8O3S/c1-4-6-12-21-14(3)22(13-7-5-2)18-17(21)19(23)15-10-8-9-11-16(15)20(18)24;1-6-2-4-7(5-3-6)11(8,9)10/h8-11H,4-7,12-13H2,1-3H3;2-5H,1H3,(H,8,9,10)/q+1;/p-1. The van der Waals surface area contributed by atoms with E-state index in [0.29, 0.717) is 22.5 Å². The molecule has 0 spiro atoms. The molecule has 1 aliphatic carbocycles. The van der Waals surface area contributed by atoms with E-state index in [0.717, 1.165) is 50.2 Å². The largest absolute Gasteiger partial charge is 0.744 e. The van der Waals surface area contributed by atoms with Gasteiger partial charge in [0.2, 0.25) is 23.0 Å². The first-order valence-electron chi connectivity index (χ1n) is 12.0. The minimum absolute atomic E-state index is 0.0188. The van der Waals surface area contributed by atoms with E-state index in [9.17, 15) is 22.6 Å². The number of carbonyl (C=O) groups excluding carboxylic acids is 2. The van der Waals surface area contributed by atoms with Crippen molar-refractivity contribution in [2.45, 2.75) is 71.4 Å². The zero-order valence-corrected chi connectivity index (χ0v) is 21.5. The summed E-state index contributed by atoms with van der Waals surface area (Å²) in [5.74, 6) is 0.973. The van der Waals surface area contributed by atoms with Crippen LogP contribution in [0.3, 0.4) is 0 Å². The second kappa shape index (κ2) is 11.1. The number of aryl methyl sites for hydroxylation is 1. The lowest BCUT2D eigenvalue weighted by atomic mass is 9.90. The fraction of sp³-hybridized carbons (Fsp3) is 0.370. The van der Waals surface area contributed by atoms with Gasteiger partial charge in [-0.25, -0.2) is 17.6 Å². The van der Waals surface area contributed by atoms with Gasteiger partial charge < -0.3 is 4.55 Å². The Morgan fingerprint density at radius 3 is 1.97 bits per heavy atom. The molecule has 0 bridgehead atoms. The molecule has 0 fully saturated rings. The van der Waals surface area contributed by atoms with E-state index < -0.39 is 10.1 Å². The summed E-state index contributed by atoms with van der Waals surface area (Å²) < 4.78 is 35.3. The van der Waals surface area contributed by atoms with Crippen LogP contribution in [0.1, 0.15) is 83.0 Å². The Morgan fingerprint density at radius 1 is 0.857 bits per heavy atom. The van der Waals surface area contributed by atoms with Crippen LogP contribution in [0, 0.1) is 13.8 Å². The van der Waals surface area contributed by atoms with E-state index in [1.165, 1.54) is 12.1 Å². The van der Waals surface area contributed by atoms with Crippen molar-refractivity contribution in [1.29, 1.82) is 0 Å². The monoisotopic (exact) mass is 496 g/mol. The van der Waals surface area contributed by atoms with Crippen molar-refractivity contribution in [1.82, 2.24) is 4.57 Å². The molecular weight excluding hydrogens is 464 g/mol. The Morgan fingerprint density at radius 2 is 1.43 bits per heavy atom. The van der Waals surface area contributed by atoms with E-state index in [2.05, 4.69) is 23.0 Å². The number of hydrogen-bond acceptors (Lipinski definition) is 5. The summed E-state index contributed by atoms with van der Waals surface area (Å²) >= 11 is 0. The second-order valence-electron chi connectivity index (χ2n) is 8.73. The van der Waals surface area contributed by atoms with Crippen LogP contribution in [0.5, 0.6) is 0 Å². The van der Waals surface area contributed by atoms with Crippen LogP contribution in [0.25, 0.3) is 0 Å². The molecule has 0 radical (unpaired) electrons. The maximum absolute atomic E-state index is 13.1. The van der Waals surface area contributed by atoms with Crippen LogP contribution in [-0.4, -0.2) is 29.1 Å². The van der Waals surface area contributed by atoms with Crippen molar-refractivity contribution in [3.05, 3.63) is 82.4 Å². The van der Waals surface area contributed by atoms with Crippen molar-refractivity contribution in [3.8, 4) is 0 Å². The van der Waals surface area contributed by atoms with Crippen molar-refractivity contribution < 1.29 is 27.1 Å². The second-order valence-corrected chi connectivity index (χ2v) is 10.1. The molecule has 186 valence electrons. The molecule has 0 saturated heterocycles. The van der Waals surface area contributed by atoms with E-state index in [4.69, 9.17) is 0 Å². The molecule has 35 heavy (non-hydrogen) atoms. The van der Waals surface area contributed by atoms with Gasteiger partial charge in [0.1, 0.15) is 10.1 Å². The quantitative estimate of drug-likeness (QED) is 0.280. The number of fused-ring (bicyclic) bond motifs is 2. The molecule has 0 aliphatic heterocycles. The highest BCUT2D eigenvalue weighted by atomic mass is 32.2. The molecule has 1 heterocycles. The van der Waals surface area contributed by atoms with Crippen LogP contribution in [0.2, 0.25) is 0 Å². The molecule has 3 aromatic rings. The third-order valence-electron chi connectivity index (χ3n) is 6.17. The summed E-state index contributed by atoms with van der Waals surface area (Å²) in [5.41, 5.74) is 3.17. The first-order chi connectivity index (χ1) is 16.6. The van der Waals surface area contributed by atoms with Gasteiger partial charge in [0.25, 0.3) is 5.82 Å². The summed E-state index contributed by atoms with van der Waals surface area (Å²) in [5, 5.41) is 0. The lowest BCUT2D eigenvalue weighted by molar-refractivity contribution is -0.704. The number of aromatic nitrogens is 2. The van der Waals surface area contributed by atoms with Gasteiger partial charge in [0, 0.05) is 18.1 Å². The van der Waals surface area contributed by atoms with Gasteiger partial charge >= 0.3 is 0 Å². The molecule has 1 aliphatic rings. The number of imidazole rings is 1. The Bertz CT molecular complexity index is 1270. The van der Waals surface area contributed by atoms with Crippen LogP contribution in [0.15, 0.2) is 53.4 Å². The van der Waals surface area contributed by atoms with Crippen molar-refractivity contribution >= 4 is 21.7 Å². The highest BCUT2D eigenvalue weighted by Crippen LogP contribution is 2.27. The van der Waals surface area contributed by atoms with Gasteiger partial charge in [-0.2, -0.15) is 0 Å². The van der Waals surface area contributed by atoms with E-state index >= 15 is 0 Å². The van der Waals surface area contributed by atoms with Crippen molar-refractivity contribution in [2.75, 3.05) is 0 Å². The average molecular weight is 497 g/mol. The average Bonchev–Trinajstić information content (AvgIpc) is 3.11. The number of rotatable bonds is 7. The topological polar surface area (TPSA) is 100 Å². The third-order valence-corrected chi connectivity index (χ3v) is 7.02. The minimum Gasteiger partial charge on any atom is -0.744 e. The fourth-order valence-electron chi connectivity index (χ4n) is 4.20. The van der Waals surface area contributed by atoms with E-state index in [-0.39, 0.29) is 16.5 Å². The maximum atomic E-state index is 13.1. The zero-order valence-electron chi connectivity index (χ0n) is 20.7. The predicted octanol–water partition coefficient (Wildman–Crippen LogP) is 4.36. The van der Waals surface area contributed by atoms with Gasteiger partial charge in [0.15, 0.2) is 0 Å². The number of benzene rings is 2. The molecule has 7 nitrogen and oxygen atoms in total. The van der Waals surface area contributed by atoms with Gasteiger partial charge in [-0.3, -0.25) is 9.59 Å². The number of unbranched alkanes of at least 4 members (excludes halogenated alkanes) is 2.